The van der Waals surface area contributed by atoms with E-state index in [2.05, 4.69) is 18.6 Å². The Morgan fingerprint density at radius 3 is 2.38 bits per heavy atom. The molecule has 90 valence electrons. The highest BCUT2D eigenvalue weighted by Gasteiger charge is 2.11. The molecule has 1 aromatic carbocycles. The van der Waals surface area contributed by atoms with Crippen molar-refractivity contribution in [2.75, 3.05) is 7.11 Å². The molecule has 0 saturated carbocycles. The van der Waals surface area contributed by atoms with Crippen LogP contribution in [0, 0.1) is 5.92 Å². The van der Waals surface area contributed by atoms with Crippen molar-refractivity contribution in [1.82, 2.24) is 0 Å². The lowest BCUT2D eigenvalue weighted by Gasteiger charge is -2.12. The minimum atomic E-state index is -2.83. The minimum absolute atomic E-state index is 0.0932. The lowest BCUT2D eigenvalue weighted by molar-refractivity contribution is -0.0512. The minimum Gasteiger partial charge on any atom is -0.493 e. The van der Waals surface area contributed by atoms with Crippen molar-refractivity contribution >= 4 is 0 Å². The molecule has 0 atom stereocenters. The van der Waals surface area contributed by atoms with Crippen LogP contribution in [0.2, 0.25) is 0 Å². The van der Waals surface area contributed by atoms with E-state index in [1.807, 2.05) is 6.07 Å². The van der Waals surface area contributed by atoms with Gasteiger partial charge in [0.2, 0.25) is 0 Å². The monoisotopic (exact) mass is 230 g/mol. The molecule has 16 heavy (non-hydrogen) atoms. The summed E-state index contributed by atoms with van der Waals surface area (Å²) in [6, 6.07) is 5.11. The molecule has 0 aliphatic carbocycles. The molecule has 0 saturated heterocycles. The van der Waals surface area contributed by atoms with Gasteiger partial charge in [0.25, 0.3) is 0 Å². The summed E-state index contributed by atoms with van der Waals surface area (Å²) in [5.74, 6) is 0.885. The highest BCUT2D eigenvalue weighted by atomic mass is 19.3. The average Bonchev–Trinajstić information content (AvgIpc) is 2.16. The van der Waals surface area contributed by atoms with Crippen molar-refractivity contribution in [3.8, 4) is 11.5 Å². The molecule has 1 rings (SSSR count). The molecule has 0 aliphatic rings. The van der Waals surface area contributed by atoms with Crippen molar-refractivity contribution in [2.24, 2.45) is 5.92 Å². The summed E-state index contributed by atoms with van der Waals surface area (Å²) < 4.78 is 33.7. The highest BCUT2D eigenvalue weighted by Crippen LogP contribution is 2.30. The van der Waals surface area contributed by atoms with Gasteiger partial charge in [-0.25, -0.2) is 0 Å². The van der Waals surface area contributed by atoms with Gasteiger partial charge in [-0.1, -0.05) is 19.9 Å². The van der Waals surface area contributed by atoms with Gasteiger partial charge in [-0.3, -0.25) is 0 Å². The van der Waals surface area contributed by atoms with Gasteiger partial charge in [0.1, 0.15) is 0 Å². The Kier molecular flexibility index (Phi) is 4.52. The average molecular weight is 230 g/mol. The fourth-order valence-corrected chi connectivity index (χ4v) is 1.51. The number of hydrogen-bond donors (Lipinski definition) is 0. The van der Waals surface area contributed by atoms with Crippen LogP contribution in [0.3, 0.4) is 0 Å². The summed E-state index contributed by atoms with van der Waals surface area (Å²) in [7, 11) is 1.43. The Bertz CT molecular complexity index is 338. The van der Waals surface area contributed by atoms with Crippen molar-refractivity contribution in [3.63, 3.8) is 0 Å². The third-order valence-electron chi connectivity index (χ3n) is 2.09. The molecule has 4 heteroatoms. The van der Waals surface area contributed by atoms with Gasteiger partial charge in [0.15, 0.2) is 11.5 Å². The first-order valence-corrected chi connectivity index (χ1v) is 5.14. The van der Waals surface area contributed by atoms with Crippen LogP contribution in [-0.4, -0.2) is 13.7 Å². The zero-order valence-electron chi connectivity index (χ0n) is 9.67. The van der Waals surface area contributed by atoms with Crippen LogP contribution < -0.4 is 9.47 Å². The van der Waals surface area contributed by atoms with E-state index in [0.29, 0.717) is 11.7 Å². The highest BCUT2D eigenvalue weighted by molar-refractivity contribution is 5.43. The standard InChI is InChI=1S/C12H16F2O2/c1-8(2)6-9-4-5-10(15-3)11(7-9)16-12(13)14/h4-5,7-8,12H,6H2,1-3H3. The normalized spacial score (nSPS) is 10.9. The fraction of sp³-hybridized carbons (Fsp3) is 0.500. The summed E-state index contributed by atoms with van der Waals surface area (Å²) in [5.41, 5.74) is 0.964. The second-order valence-corrected chi connectivity index (χ2v) is 3.96. The molecule has 0 fully saturated rings. The van der Waals surface area contributed by atoms with Crippen LogP contribution in [0.5, 0.6) is 11.5 Å². The summed E-state index contributed by atoms with van der Waals surface area (Å²) in [4.78, 5) is 0. The zero-order valence-corrected chi connectivity index (χ0v) is 9.67. The summed E-state index contributed by atoms with van der Waals surface area (Å²) in [5, 5.41) is 0. The molecule has 2 nitrogen and oxygen atoms in total. The van der Waals surface area contributed by atoms with Crippen molar-refractivity contribution in [2.45, 2.75) is 26.9 Å². The summed E-state index contributed by atoms with van der Waals surface area (Å²) in [6.07, 6.45) is 0.823. The summed E-state index contributed by atoms with van der Waals surface area (Å²) in [6.45, 7) is 1.30. The molecule has 0 aliphatic heterocycles. The van der Waals surface area contributed by atoms with Gasteiger partial charge in [-0.05, 0) is 30.0 Å². The second kappa shape index (κ2) is 5.68. The quantitative estimate of drug-likeness (QED) is 0.770. The van der Waals surface area contributed by atoms with Crippen molar-refractivity contribution < 1.29 is 18.3 Å². The van der Waals surface area contributed by atoms with Crippen molar-refractivity contribution in [3.05, 3.63) is 23.8 Å². The van der Waals surface area contributed by atoms with Crippen LogP contribution in [0.1, 0.15) is 19.4 Å². The van der Waals surface area contributed by atoms with Crippen LogP contribution in [0.15, 0.2) is 18.2 Å². The smallest absolute Gasteiger partial charge is 0.387 e. The number of ether oxygens (including phenoxy) is 2. The first-order valence-electron chi connectivity index (χ1n) is 5.14. The van der Waals surface area contributed by atoms with Crippen molar-refractivity contribution in [1.29, 1.82) is 0 Å². The SMILES string of the molecule is COc1ccc(CC(C)C)cc1OC(F)F. The van der Waals surface area contributed by atoms with Gasteiger partial charge in [0.05, 0.1) is 7.11 Å². The molecule has 0 bridgehead atoms. The molecule has 1 aromatic rings. The lowest BCUT2D eigenvalue weighted by atomic mass is 10.0. The first kappa shape index (κ1) is 12.7. The summed E-state index contributed by atoms with van der Waals surface area (Å²) >= 11 is 0. The van der Waals surface area contributed by atoms with E-state index in [1.165, 1.54) is 7.11 Å². The Morgan fingerprint density at radius 1 is 1.19 bits per heavy atom. The number of methoxy groups -OCH3 is 1. The Morgan fingerprint density at radius 2 is 1.88 bits per heavy atom. The molecular weight excluding hydrogens is 214 g/mol. The Labute approximate surface area is 94.2 Å². The van der Waals surface area contributed by atoms with E-state index >= 15 is 0 Å². The predicted octanol–water partition coefficient (Wildman–Crippen LogP) is 3.50. The third kappa shape index (κ3) is 3.68. The van der Waals surface area contributed by atoms with Gasteiger partial charge in [-0.2, -0.15) is 8.78 Å². The maximum atomic E-state index is 12.2. The number of alkyl halides is 2. The lowest BCUT2D eigenvalue weighted by Crippen LogP contribution is -2.04. The Hall–Kier alpha value is -1.32. The zero-order chi connectivity index (χ0) is 12.1. The number of halogens is 2. The maximum absolute atomic E-state index is 12.2. The second-order valence-electron chi connectivity index (χ2n) is 3.96. The molecule has 0 unspecified atom stereocenters. The maximum Gasteiger partial charge on any atom is 0.387 e. The molecular formula is C12H16F2O2. The van der Waals surface area contributed by atoms with Crippen LogP contribution in [-0.2, 0) is 6.42 Å². The van der Waals surface area contributed by atoms with E-state index in [0.717, 1.165) is 12.0 Å². The van der Waals surface area contributed by atoms with Crippen LogP contribution in [0.25, 0.3) is 0 Å². The van der Waals surface area contributed by atoms with E-state index < -0.39 is 6.61 Å². The first-order chi connectivity index (χ1) is 7.52. The van der Waals surface area contributed by atoms with E-state index in [9.17, 15) is 8.78 Å². The molecule has 0 amide bonds. The Balaban J connectivity index is 2.91. The third-order valence-corrected chi connectivity index (χ3v) is 2.09. The van der Waals surface area contributed by atoms with Gasteiger partial charge >= 0.3 is 6.61 Å². The van der Waals surface area contributed by atoms with E-state index in [-0.39, 0.29) is 5.75 Å². The number of hydrogen-bond acceptors (Lipinski definition) is 2. The molecule has 0 spiro atoms. The van der Waals surface area contributed by atoms with E-state index in [1.54, 1.807) is 12.1 Å². The van der Waals surface area contributed by atoms with Gasteiger partial charge < -0.3 is 9.47 Å². The number of rotatable bonds is 5. The molecule has 0 aromatic heterocycles. The largest absolute Gasteiger partial charge is 0.493 e. The fourth-order valence-electron chi connectivity index (χ4n) is 1.51. The van der Waals surface area contributed by atoms with Crippen LogP contribution >= 0.6 is 0 Å². The van der Waals surface area contributed by atoms with Gasteiger partial charge in [0, 0.05) is 0 Å². The molecule has 0 heterocycles. The topological polar surface area (TPSA) is 18.5 Å². The van der Waals surface area contributed by atoms with E-state index in [4.69, 9.17) is 4.74 Å². The number of benzene rings is 1. The van der Waals surface area contributed by atoms with Crippen LogP contribution in [0.4, 0.5) is 8.78 Å². The molecule has 0 N–H and O–H groups in total. The molecule has 0 radical (unpaired) electrons. The van der Waals surface area contributed by atoms with Gasteiger partial charge in [-0.15, -0.1) is 0 Å². The predicted molar refractivity (Wildman–Crippen MR) is 58.2 cm³/mol.